The Hall–Kier alpha value is -2.05. The van der Waals surface area contributed by atoms with Gasteiger partial charge in [-0.1, -0.05) is 25.1 Å². The normalized spacial score (nSPS) is 28.4. The summed E-state index contributed by atoms with van der Waals surface area (Å²) < 4.78 is 39.4. The number of hydrogen-bond acceptors (Lipinski definition) is 2. The summed E-state index contributed by atoms with van der Waals surface area (Å²) in [5.41, 5.74) is -1.85. The Morgan fingerprint density at radius 1 is 1.28 bits per heavy atom. The molecule has 0 aliphatic carbocycles. The van der Waals surface area contributed by atoms with Gasteiger partial charge in [0.15, 0.2) is 0 Å². The second-order valence-corrected chi connectivity index (χ2v) is 6.90. The van der Waals surface area contributed by atoms with Gasteiger partial charge in [-0.15, -0.1) is 0 Å². The Morgan fingerprint density at radius 3 is 2.52 bits per heavy atom. The highest BCUT2D eigenvalue weighted by atomic mass is 19.4. The number of nitrogens with zero attached hydrogens (tertiary/aromatic N) is 1. The van der Waals surface area contributed by atoms with Gasteiger partial charge in [0.1, 0.15) is 0 Å². The molecule has 0 aromatic heterocycles. The molecule has 1 aromatic rings. The molecule has 2 aliphatic heterocycles. The van der Waals surface area contributed by atoms with Crippen molar-refractivity contribution in [3.8, 4) is 0 Å². The van der Waals surface area contributed by atoms with Crippen LogP contribution in [-0.4, -0.2) is 34.0 Å². The quantitative estimate of drug-likeness (QED) is 0.899. The molecule has 25 heavy (non-hydrogen) atoms. The van der Waals surface area contributed by atoms with Crippen molar-refractivity contribution in [2.75, 3.05) is 0 Å². The van der Waals surface area contributed by atoms with Gasteiger partial charge in [0.05, 0.1) is 17.4 Å². The van der Waals surface area contributed by atoms with Crippen molar-refractivity contribution in [2.24, 2.45) is 5.41 Å². The number of carbonyl (C=O) groups is 2. The molecule has 0 spiro atoms. The van der Waals surface area contributed by atoms with E-state index in [1.54, 1.807) is 11.8 Å². The Bertz CT molecular complexity index is 703. The third kappa shape index (κ3) is 2.79. The number of aliphatic carboxylic acids is 1. The molecule has 2 fully saturated rings. The molecule has 2 bridgehead atoms. The van der Waals surface area contributed by atoms with Crippen LogP contribution in [0.2, 0.25) is 0 Å². The summed E-state index contributed by atoms with van der Waals surface area (Å²) in [6.45, 7) is 1.79. The molecule has 1 aromatic carbocycles. The highest BCUT2D eigenvalue weighted by molar-refractivity contribution is 5.84. The van der Waals surface area contributed by atoms with E-state index >= 15 is 0 Å². The van der Waals surface area contributed by atoms with E-state index in [0.29, 0.717) is 25.7 Å². The number of carbonyl (C=O) groups excluding carboxylic acids is 1. The van der Waals surface area contributed by atoms with Crippen LogP contribution in [0, 0.1) is 5.41 Å². The summed E-state index contributed by atoms with van der Waals surface area (Å²) in [4.78, 5) is 26.1. The molecule has 2 saturated heterocycles. The summed E-state index contributed by atoms with van der Waals surface area (Å²) in [5, 5.41) is 9.64. The highest BCUT2D eigenvalue weighted by Crippen LogP contribution is 2.52. The first kappa shape index (κ1) is 17.8. The van der Waals surface area contributed by atoms with Gasteiger partial charge in [0, 0.05) is 12.1 Å². The SMILES string of the molecule is CC[C@@]1(C(=O)O)C[C@@H]2CC[C@H]1N2C(=O)Cc1ccccc1C(F)(F)F. The molecule has 3 atom stereocenters. The van der Waals surface area contributed by atoms with Crippen LogP contribution in [0.4, 0.5) is 13.2 Å². The summed E-state index contributed by atoms with van der Waals surface area (Å²) in [7, 11) is 0. The maximum absolute atomic E-state index is 13.1. The Morgan fingerprint density at radius 2 is 1.96 bits per heavy atom. The van der Waals surface area contributed by atoms with Gasteiger partial charge in [-0.2, -0.15) is 13.2 Å². The fourth-order valence-electron chi connectivity index (χ4n) is 4.53. The predicted octanol–water partition coefficient (Wildman–Crippen LogP) is 3.49. The minimum absolute atomic E-state index is 0.0660. The molecule has 7 heteroatoms. The van der Waals surface area contributed by atoms with Crippen LogP contribution >= 0.6 is 0 Å². The van der Waals surface area contributed by atoms with Gasteiger partial charge >= 0.3 is 12.1 Å². The number of halogens is 3. The molecule has 1 N–H and O–H groups in total. The Labute approximate surface area is 143 Å². The van der Waals surface area contributed by atoms with E-state index < -0.39 is 35.1 Å². The van der Waals surface area contributed by atoms with Gasteiger partial charge in [-0.3, -0.25) is 9.59 Å². The van der Waals surface area contributed by atoms with Gasteiger partial charge in [-0.25, -0.2) is 0 Å². The van der Waals surface area contributed by atoms with Gasteiger partial charge in [0.2, 0.25) is 5.91 Å². The van der Waals surface area contributed by atoms with E-state index in [4.69, 9.17) is 0 Å². The van der Waals surface area contributed by atoms with Crippen LogP contribution in [0.3, 0.4) is 0 Å². The molecular formula is C18H20F3NO3. The fraction of sp³-hybridized carbons (Fsp3) is 0.556. The topological polar surface area (TPSA) is 57.6 Å². The van der Waals surface area contributed by atoms with E-state index in [1.165, 1.54) is 18.2 Å². The van der Waals surface area contributed by atoms with Crippen LogP contribution in [0.1, 0.15) is 43.7 Å². The summed E-state index contributed by atoms with van der Waals surface area (Å²) >= 11 is 0. The number of rotatable bonds is 4. The van der Waals surface area contributed by atoms with E-state index in [2.05, 4.69) is 0 Å². The largest absolute Gasteiger partial charge is 0.481 e. The lowest BCUT2D eigenvalue weighted by Crippen LogP contribution is -2.45. The summed E-state index contributed by atoms with van der Waals surface area (Å²) in [6.07, 6.45) is -2.77. The number of benzene rings is 1. The van der Waals surface area contributed by atoms with Crippen molar-refractivity contribution in [1.29, 1.82) is 0 Å². The van der Waals surface area contributed by atoms with Crippen molar-refractivity contribution >= 4 is 11.9 Å². The van der Waals surface area contributed by atoms with E-state index in [0.717, 1.165) is 6.07 Å². The van der Waals surface area contributed by atoms with E-state index in [9.17, 15) is 27.9 Å². The van der Waals surface area contributed by atoms with Crippen LogP contribution < -0.4 is 0 Å². The molecule has 3 rings (SSSR count). The Kier molecular flexibility index (Phi) is 4.29. The zero-order valence-electron chi connectivity index (χ0n) is 13.8. The van der Waals surface area contributed by atoms with Crippen molar-refractivity contribution in [3.63, 3.8) is 0 Å². The number of fused-ring (bicyclic) bond motifs is 2. The van der Waals surface area contributed by atoms with E-state index in [-0.39, 0.29) is 18.0 Å². The average molecular weight is 355 g/mol. The Balaban J connectivity index is 1.86. The lowest BCUT2D eigenvalue weighted by atomic mass is 9.72. The standard InChI is InChI=1S/C18H20F3NO3/c1-2-17(16(24)25)10-12-7-8-14(17)22(12)15(23)9-11-5-3-4-6-13(11)18(19,20)21/h3-6,12,14H,2,7-10H2,1H3,(H,24,25)/t12-,14+,17+/m0/s1. The first-order chi connectivity index (χ1) is 11.7. The molecule has 0 saturated carbocycles. The maximum atomic E-state index is 13.1. The van der Waals surface area contributed by atoms with Crippen molar-refractivity contribution in [2.45, 2.75) is 57.3 Å². The molecule has 4 nitrogen and oxygen atoms in total. The second-order valence-electron chi connectivity index (χ2n) is 6.90. The van der Waals surface area contributed by atoms with Crippen molar-refractivity contribution in [1.82, 2.24) is 4.90 Å². The number of hydrogen-bond donors (Lipinski definition) is 1. The molecular weight excluding hydrogens is 335 g/mol. The fourth-order valence-corrected chi connectivity index (χ4v) is 4.53. The van der Waals surface area contributed by atoms with Crippen molar-refractivity contribution < 1.29 is 27.9 Å². The number of amides is 1. The lowest BCUT2D eigenvalue weighted by Gasteiger charge is -2.32. The van der Waals surface area contributed by atoms with Crippen LogP contribution in [-0.2, 0) is 22.2 Å². The van der Waals surface area contributed by atoms with Gasteiger partial charge in [0.25, 0.3) is 0 Å². The third-order valence-corrected chi connectivity index (χ3v) is 5.75. The van der Waals surface area contributed by atoms with Gasteiger partial charge in [-0.05, 0) is 37.3 Å². The lowest BCUT2D eigenvalue weighted by molar-refractivity contribution is -0.151. The number of alkyl halides is 3. The first-order valence-corrected chi connectivity index (χ1v) is 8.40. The second kappa shape index (κ2) is 6.04. The molecule has 0 unspecified atom stereocenters. The highest BCUT2D eigenvalue weighted by Gasteiger charge is 2.60. The van der Waals surface area contributed by atoms with Crippen molar-refractivity contribution in [3.05, 3.63) is 35.4 Å². The smallest absolute Gasteiger partial charge is 0.416 e. The molecule has 0 radical (unpaired) electrons. The number of carboxylic acid groups (broad SMARTS) is 1. The van der Waals surface area contributed by atoms with E-state index in [1.807, 2.05) is 0 Å². The van der Waals surface area contributed by atoms with Crippen LogP contribution in [0.25, 0.3) is 0 Å². The molecule has 2 aliphatic rings. The van der Waals surface area contributed by atoms with Crippen LogP contribution in [0.15, 0.2) is 24.3 Å². The number of carboxylic acids is 1. The maximum Gasteiger partial charge on any atom is 0.416 e. The predicted molar refractivity (Wildman–Crippen MR) is 83.8 cm³/mol. The minimum atomic E-state index is -4.52. The minimum Gasteiger partial charge on any atom is -0.481 e. The zero-order chi connectivity index (χ0) is 18.4. The molecule has 2 heterocycles. The summed E-state index contributed by atoms with van der Waals surface area (Å²) in [5.74, 6) is -1.34. The average Bonchev–Trinajstić information content (AvgIpc) is 3.10. The molecule has 1 amide bonds. The van der Waals surface area contributed by atoms with Gasteiger partial charge < -0.3 is 10.0 Å². The monoisotopic (exact) mass is 355 g/mol. The molecule has 136 valence electrons. The van der Waals surface area contributed by atoms with Crippen LogP contribution in [0.5, 0.6) is 0 Å². The first-order valence-electron chi connectivity index (χ1n) is 8.40. The summed E-state index contributed by atoms with van der Waals surface area (Å²) in [6, 6.07) is 4.43. The zero-order valence-corrected chi connectivity index (χ0v) is 13.8. The third-order valence-electron chi connectivity index (χ3n) is 5.75.